The van der Waals surface area contributed by atoms with Crippen molar-refractivity contribution in [1.29, 1.82) is 0 Å². The molecule has 108 valence electrons. The van der Waals surface area contributed by atoms with Crippen molar-refractivity contribution in [3.05, 3.63) is 0 Å². The summed E-state index contributed by atoms with van der Waals surface area (Å²) < 4.78 is 0. The first-order valence-electron chi connectivity index (χ1n) is 7.22. The van der Waals surface area contributed by atoms with E-state index in [0.717, 1.165) is 38.8 Å². The molecule has 1 aliphatic carbocycles. The highest BCUT2D eigenvalue weighted by atomic mass is 35.5. The predicted molar refractivity (Wildman–Crippen MR) is 79.0 cm³/mol. The summed E-state index contributed by atoms with van der Waals surface area (Å²) in [5, 5.41) is 0. The van der Waals surface area contributed by atoms with Crippen LogP contribution in [0.15, 0.2) is 0 Å². The Morgan fingerprint density at radius 3 is 2.22 bits per heavy atom. The van der Waals surface area contributed by atoms with E-state index in [1.807, 2.05) is 4.90 Å². The molecule has 0 bridgehead atoms. The average molecular weight is 277 g/mol. The lowest BCUT2D eigenvalue weighted by Gasteiger charge is -2.30. The normalized spacial score (nSPS) is 23.3. The average Bonchev–Trinajstić information content (AvgIpc) is 2.32. The van der Waals surface area contributed by atoms with Crippen molar-refractivity contribution >= 4 is 18.3 Å². The number of carbonyl (C=O) groups is 1. The van der Waals surface area contributed by atoms with E-state index in [0.29, 0.717) is 18.2 Å². The molecule has 3 nitrogen and oxygen atoms in total. The van der Waals surface area contributed by atoms with Crippen LogP contribution in [0.5, 0.6) is 0 Å². The first-order chi connectivity index (χ1) is 8.19. The van der Waals surface area contributed by atoms with Crippen molar-refractivity contribution in [2.45, 2.75) is 64.8 Å². The van der Waals surface area contributed by atoms with E-state index in [1.54, 1.807) is 0 Å². The lowest BCUT2D eigenvalue weighted by molar-refractivity contribution is -0.132. The maximum Gasteiger partial charge on any atom is 0.222 e. The van der Waals surface area contributed by atoms with Crippen LogP contribution in [0, 0.1) is 5.92 Å². The molecule has 1 amide bonds. The second-order valence-corrected chi connectivity index (χ2v) is 5.29. The summed E-state index contributed by atoms with van der Waals surface area (Å²) in [5.74, 6) is 0.739. The number of hydrogen-bond donors (Lipinski definition) is 1. The van der Waals surface area contributed by atoms with E-state index in [9.17, 15) is 4.79 Å². The number of rotatable bonds is 6. The third-order valence-electron chi connectivity index (χ3n) is 3.74. The molecular weight excluding hydrogens is 248 g/mol. The van der Waals surface area contributed by atoms with Crippen LogP contribution in [0.2, 0.25) is 0 Å². The molecule has 0 aromatic carbocycles. The Hall–Kier alpha value is -0.280. The van der Waals surface area contributed by atoms with Crippen LogP contribution in [0.1, 0.15) is 58.8 Å². The van der Waals surface area contributed by atoms with E-state index in [2.05, 4.69) is 13.8 Å². The topological polar surface area (TPSA) is 46.3 Å². The zero-order valence-corrected chi connectivity index (χ0v) is 12.7. The highest BCUT2D eigenvalue weighted by molar-refractivity contribution is 5.85. The Labute approximate surface area is 118 Å². The molecule has 0 aromatic rings. The van der Waals surface area contributed by atoms with Crippen molar-refractivity contribution in [2.24, 2.45) is 11.7 Å². The smallest absolute Gasteiger partial charge is 0.222 e. The van der Waals surface area contributed by atoms with E-state index >= 15 is 0 Å². The molecule has 1 saturated carbocycles. The Morgan fingerprint density at radius 1 is 1.17 bits per heavy atom. The lowest BCUT2D eigenvalue weighted by atomic mass is 9.82. The van der Waals surface area contributed by atoms with Crippen LogP contribution in [0.4, 0.5) is 0 Å². The number of halogens is 1. The van der Waals surface area contributed by atoms with Crippen LogP contribution in [0.25, 0.3) is 0 Å². The van der Waals surface area contributed by atoms with Crippen LogP contribution in [-0.4, -0.2) is 29.9 Å². The number of amides is 1. The Kier molecular flexibility index (Phi) is 9.47. The zero-order chi connectivity index (χ0) is 12.7. The van der Waals surface area contributed by atoms with Crippen molar-refractivity contribution < 1.29 is 4.79 Å². The van der Waals surface area contributed by atoms with Gasteiger partial charge in [0.25, 0.3) is 0 Å². The monoisotopic (exact) mass is 276 g/mol. The Balaban J connectivity index is 0.00000289. The van der Waals surface area contributed by atoms with Crippen molar-refractivity contribution in [3.63, 3.8) is 0 Å². The zero-order valence-electron chi connectivity index (χ0n) is 11.9. The maximum absolute atomic E-state index is 12.2. The maximum atomic E-state index is 12.2. The Bertz CT molecular complexity index is 230. The van der Waals surface area contributed by atoms with Gasteiger partial charge in [0.15, 0.2) is 0 Å². The van der Waals surface area contributed by atoms with Gasteiger partial charge in [0.05, 0.1) is 0 Å². The predicted octanol–water partition coefficient (Wildman–Crippen LogP) is 2.96. The molecule has 0 aliphatic heterocycles. The summed E-state index contributed by atoms with van der Waals surface area (Å²) in [6, 6.07) is 0.248. The van der Waals surface area contributed by atoms with E-state index in [1.165, 1.54) is 12.8 Å². The first-order valence-corrected chi connectivity index (χ1v) is 7.22. The highest BCUT2D eigenvalue weighted by Crippen LogP contribution is 2.26. The summed E-state index contributed by atoms with van der Waals surface area (Å²) in [7, 11) is 0. The molecule has 1 fully saturated rings. The van der Waals surface area contributed by atoms with Gasteiger partial charge in [0, 0.05) is 25.6 Å². The van der Waals surface area contributed by atoms with E-state index in [4.69, 9.17) is 5.73 Å². The molecule has 0 aromatic heterocycles. The fourth-order valence-corrected chi connectivity index (χ4v) is 2.74. The molecule has 2 atom stereocenters. The fourth-order valence-electron chi connectivity index (χ4n) is 2.74. The molecule has 1 rings (SSSR count). The minimum Gasteiger partial charge on any atom is -0.343 e. The Morgan fingerprint density at radius 2 is 1.72 bits per heavy atom. The number of nitrogens with zero attached hydrogens (tertiary/aromatic N) is 1. The molecule has 2 N–H and O–H groups in total. The van der Waals surface area contributed by atoms with Crippen LogP contribution in [0.3, 0.4) is 0 Å². The van der Waals surface area contributed by atoms with Crippen LogP contribution < -0.4 is 5.73 Å². The molecule has 0 radical (unpaired) electrons. The second-order valence-electron chi connectivity index (χ2n) is 5.29. The summed E-state index contributed by atoms with van der Waals surface area (Å²) in [6.45, 7) is 6.05. The van der Waals surface area contributed by atoms with Gasteiger partial charge in [-0.15, -0.1) is 12.4 Å². The number of hydrogen-bond acceptors (Lipinski definition) is 2. The molecule has 0 heterocycles. The summed E-state index contributed by atoms with van der Waals surface area (Å²) in [6.07, 6.45) is 7.47. The van der Waals surface area contributed by atoms with Gasteiger partial charge < -0.3 is 10.6 Å². The standard InChI is InChI=1S/C14H28N2O.ClH/c1-3-9-16(10-4-2)14(17)11-12-7-5-6-8-13(12)15;/h12-13H,3-11,15H2,1-2H3;1H. The van der Waals surface area contributed by atoms with Gasteiger partial charge in [-0.3, -0.25) is 4.79 Å². The molecular formula is C14H29ClN2O. The summed E-state index contributed by atoms with van der Waals surface area (Å²) in [4.78, 5) is 14.2. The number of nitrogens with two attached hydrogens (primary N) is 1. The third kappa shape index (κ3) is 5.57. The van der Waals surface area contributed by atoms with Gasteiger partial charge in [0.1, 0.15) is 0 Å². The number of carbonyl (C=O) groups excluding carboxylic acids is 1. The fraction of sp³-hybridized carbons (Fsp3) is 0.929. The lowest BCUT2D eigenvalue weighted by Crippen LogP contribution is -2.39. The molecule has 4 heteroatoms. The summed E-state index contributed by atoms with van der Waals surface area (Å²) >= 11 is 0. The highest BCUT2D eigenvalue weighted by Gasteiger charge is 2.25. The molecule has 0 spiro atoms. The van der Waals surface area contributed by atoms with E-state index < -0.39 is 0 Å². The minimum atomic E-state index is 0. The van der Waals surface area contributed by atoms with Gasteiger partial charge >= 0.3 is 0 Å². The van der Waals surface area contributed by atoms with Gasteiger partial charge in [-0.05, 0) is 31.6 Å². The van der Waals surface area contributed by atoms with E-state index in [-0.39, 0.29) is 18.4 Å². The van der Waals surface area contributed by atoms with Gasteiger partial charge in [-0.2, -0.15) is 0 Å². The molecule has 1 aliphatic rings. The quantitative estimate of drug-likeness (QED) is 0.811. The van der Waals surface area contributed by atoms with Crippen molar-refractivity contribution in [2.75, 3.05) is 13.1 Å². The summed E-state index contributed by atoms with van der Waals surface area (Å²) in [5.41, 5.74) is 6.10. The SMILES string of the molecule is CCCN(CCC)C(=O)CC1CCCCC1N.Cl. The molecule has 0 saturated heterocycles. The van der Waals surface area contributed by atoms with Crippen LogP contribution >= 0.6 is 12.4 Å². The molecule has 18 heavy (non-hydrogen) atoms. The van der Waals surface area contributed by atoms with Gasteiger partial charge in [-0.1, -0.05) is 26.7 Å². The van der Waals surface area contributed by atoms with Gasteiger partial charge in [-0.25, -0.2) is 0 Å². The third-order valence-corrected chi connectivity index (χ3v) is 3.74. The van der Waals surface area contributed by atoms with Crippen molar-refractivity contribution in [3.8, 4) is 0 Å². The van der Waals surface area contributed by atoms with Crippen molar-refractivity contribution in [1.82, 2.24) is 4.90 Å². The second kappa shape index (κ2) is 9.62. The largest absolute Gasteiger partial charge is 0.343 e. The first kappa shape index (κ1) is 17.7. The van der Waals surface area contributed by atoms with Gasteiger partial charge in [0.2, 0.25) is 5.91 Å². The minimum absolute atomic E-state index is 0. The molecule has 2 unspecified atom stereocenters. The van der Waals surface area contributed by atoms with Crippen LogP contribution in [-0.2, 0) is 4.79 Å².